The third-order valence-electron chi connectivity index (χ3n) is 6.37. The lowest BCUT2D eigenvalue weighted by molar-refractivity contribution is -0.149. The van der Waals surface area contributed by atoms with Gasteiger partial charge in [0.15, 0.2) is 0 Å². The van der Waals surface area contributed by atoms with Crippen LogP contribution in [-0.4, -0.2) is 50.6 Å². The number of rotatable bonds is 10. The van der Waals surface area contributed by atoms with E-state index in [1.54, 1.807) is 51.1 Å². The summed E-state index contributed by atoms with van der Waals surface area (Å²) < 4.78 is 37.5. The van der Waals surface area contributed by atoms with Crippen LogP contribution in [0.4, 0.5) is 0 Å². The quantitative estimate of drug-likeness (QED) is 0.309. The van der Waals surface area contributed by atoms with Gasteiger partial charge in [-0.25, -0.2) is 9.36 Å². The van der Waals surface area contributed by atoms with Crippen molar-refractivity contribution in [2.75, 3.05) is 6.61 Å². The summed E-state index contributed by atoms with van der Waals surface area (Å²) in [6, 6.07) is 8.42. The normalized spacial score (nSPS) is 29.3. The van der Waals surface area contributed by atoms with Crippen molar-refractivity contribution in [1.29, 1.82) is 0 Å². The van der Waals surface area contributed by atoms with Crippen molar-refractivity contribution in [2.24, 2.45) is 5.92 Å². The number of esters is 1. The van der Waals surface area contributed by atoms with Gasteiger partial charge in [0.05, 0.1) is 12.7 Å². The SMILES string of the molecule is CC(C)OC(=O)C(C)NP(=O)(OC[C@]12C[C@]1(O)[C@H](C)[C@H](n1ccc(=O)[nH]c1=O)O2)Oc1ccccc1. The highest BCUT2D eigenvalue weighted by Gasteiger charge is 2.78. The van der Waals surface area contributed by atoms with Crippen molar-refractivity contribution >= 4 is 13.7 Å². The second-order valence-corrected chi connectivity index (χ2v) is 11.1. The molecule has 1 aliphatic carbocycles. The molecule has 0 bridgehead atoms. The third kappa shape index (κ3) is 5.05. The van der Waals surface area contributed by atoms with E-state index < -0.39 is 54.4 Å². The minimum Gasteiger partial charge on any atom is -0.462 e. The van der Waals surface area contributed by atoms with Crippen LogP contribution >= 0.6 is 7.75 Å². The number of aliphatic hydroxyl groups is 1. The molecule has 13 heteroatoms. The molecule has 2 aromatic rings. The highest BCUT2D eigenvalue weighted by Crippen LogP contribution is 2.66. The van der Waals surface area contributed by atoms with Gasteiger partial charge in [0, 0.05) is 24.6 Å². The van der Waals surface area contributed by atoms with Crippen molar-refractivity contribution in [1.82, 2.24) is 14.6 Å². The van der Waals surface area contributed by atoms with E-state index in [2.05, 4.69) is 10.1 Å². The lowest BCUT2D eigenvalue weighted by atomic mass is 10.0. The van der Waals surface area contributed by atoms with Crippen LogP contribution < -0.4 is 20.9 Å². The first kappa shape index (κ1) is 26.3. The molecule has 1 aromatic heterocycles. The molecule has 2 fully saturated rings. The standard InChI is InChI=1S/C23H30N3O9P/c1-14(2)33-20(28)16(4)25-36(31,35-17-8-6-5-7-9-17)32-13-22-12-23(22,30)15(3)19(34-22)26-11-10-18(27)24-21(26)29/h5-11,14-16,19,30H,12-13H2,1-4H3,(H,25,31)(H,24,27,29)/t15-,16?,19-,22-,23+,36?/m1/s1. The highest BCUT2D eigenvalue weighted by molar-refractivity contribution is 7.52. The minimum atomic E-state index is -4.18. The molecule has 2 aliphatic rings. The Morgan fingerprint density at radius 2 is 1.97 bits per heavy atom. The third-order valence-corrected chi connectivity index (χ3v) is 7.99. The van der Waals surface area contributed by atoms with Crippen molar-refractivity contribution in [3.05, 3.63) is 63.4 Å². The summed E-state index contributed by atoms with van der Waals surface area (Å²) >= 11 is 0. The fourth-order valence-corrected chi connectivity index (χ4v) is 5.88. The number of nitrogens with zero attached hydrogens (tertiary/aromatic N) is 1. The number of hydrogen-bond donors (Lipinski definition) is 3. The zero-order valence-electron chi connectivity index (χ0n) is 20.4. The summed E-state index contributed by atoms with van der Waals surface area (Å²) in [5.41, 5.74) is -3.88. The first-order valence-corrected chi connectivity index (χ1v) is 13.1. The number of nitrogens with one attached hydrogen (secondary N) is 2. The summed E-state index contributed by atoms with van der Waals surface area (Å²) in [7, 11) is -4.18. The molecular formula is C23H30N3O9P. The van der Waals surface area contributed by atoms with E-state index in [1.165, 1.54) is 23.8 Å². The average Bonchev–Trinajstić information content (AvgIpc) is 3.34. The molecule has 1 aromatic carbocycles. The molecule has 4 rings (SSSR count). The number of benzene rings is 1. The molecule has 1 saturated carbocycles. The second kappa shape index (κ2) is 9.60. The molecule has 2 unspecified atom stereocenters. The van der Waals surface area contributed by atoms with Gasteiger partial charge >= 0.3 is 19.4 Å². The number of fused-ring (bicyclic) bond motifs is 1. The number of H-pyrrole nitrogens is 1. The van der Waals surface area contributed by atoms with Gasteiger partial charge in [0.2, 0.25) is 0 Å². The van der Waals surface area contributed by atoms with Crippen molar-refractivity contribution in [2.45, 2.75) is 63.7 Å². The molecule has 1 aliphatic heterocycles. The molecule has 6 atom stereocenters. The maximum Gasteiger partial charge on any atom is 0.459 e. The van der Waals surface area contributed by atoms with Crippen molar-refractivity contribution in [3.63, 3.8) is 0 Å². The van der Waals surface area contributed by atoms with Gasteiger partial charge in [0.25, 0.3) is 5.56 Å². The Bertz CT molecular complexity index is 1280. The van der Waals surface area contributed by atoms with Crippen molar-refractivity contribution < 1.29 is 33.0 Å². The predicted molar refractivity (Wildman–Crippen MR) is 127 cm³/mol. The zero-order valence-corrected chi connectivity index (χ0v) is 21.3. The highest BCUT2D eigenvalue weighted by atomic mass is 31.2. The fraction of sp³-hybridized carbons (Fsp3) is 0.522. The number of aromatic nitrogens is 2. The van der Waals surface area contributed by atoms with Gasteiger partial charge in [-0.05, 0) is 32.9 Å². The van der Waals surface area contributed by atoms with Crippen LogP contribution in [0.25, 0.3) is 0 Å². The van der Waals surface area contributed by atoms with E-state index in [0.29, 0.717) is 0 Å². The Balaban J connectivity index is 1.53. The topological polar surface area (TPSA) is 158 Å². The maximum absolute atomic E-state index is 13.7. The fourth-order valence-electron chi connectivity index (χ4n) is 4.34. The van der Waals surface area contributed by atoms with Crippen LogP contribution in [0.3, 0.4) is 0 Å². The zero-order chi connectivity index (χ0) is 26.3. The molecule has 0 spiro atoms. The molecule has 2 heterocycles. The smallest absolute Gasteiger partial charge is 0.459 e. The van der Waals surface area contributed by atoms with Crippen LogP contribution in [0.2, 0.25) is 0 Å². The molecule has 36 heavy (non-hydrogen) atoms. The van der Waals surface area contributed by atoms with Gasteiger partial charge in [-0.1, -0.05) is 25.1 Å². The van der Waals surface area contributed by atoms with Gasteiger partial charge in [-0.15, -0.1) is 0 Å². The molecular weight excluding hydrogens is 493 g/mol. The summed E-state index contributed by atoms with van der Waals surface area (Å²) in [6.45, 7) is 6.20. The first-order valence-electron chi connectivity index (χ1n) is 11.6. The van der Waals surface area contributed by atoms with E-state index in [0.717, 1.165) is 0 Å². The molecule has 1 saturated heterocycles. The Labute approximate surface area is 207 Å². The Morgan fingerprint density at radius 1 is 1.28 bits per heavy atom. The largest absolute Gasteiger partial charge is 0.462 e. The van der Waals surface area contributed by atoms with Crippen molar-refractivity contribution in [3.8, 4) is 5.75 Å². The van der Waals surface area contributed by atoms with Crippen LogP contribution in [0, 0.1) is 5.92 Å². The van der Waals surface area contributed by atoms with Gasteiger partial charge < -0.3 is 19.1 Å². The summed E-state index contributed by atoms with van der Waals surface area (Å²) in [6.07, 6.45) is 0.197. The van der Waals surface area contributed by atoms with E-state index in [9.17, 15) is 24.1 Å². The van der Waals surface area contributed by atoms with E-state index >= 15 is 0 Å². The number of hydrogen-bond acceptors (Lipinski definition) is 9. The number of aromatic amines is 1. The number of carbonyl (C=O) groups is 1. The maximum atomic E-state index is 13.7. The van der Waals surface area contributed by atoms with E-state index in [1.807, 2.05) is 0 Å². The molecule has 3 N–H and O–H groups in total. The molecule has 0 radical (unpaired) electrons. The molecule has 12 nitrogen and oxygen atoms in total. The van der Waals surface area contributed by atoms with Crippen LogP contribution in [0.5, 0.6) is 5.75 Å². The van der Waals surface area contributed by atoms with Gasteiger partial charge in [0.1, 0.15) is 29.2 Å². The Morgan fingerprint density at radius 3 is 2.61 bits per heavy atom. The van der Waals surface area contributed by atoms with Gasteiger partial charge in [-0.3, -0.25) is 23.7 Å². The lowest BCUT2D eigenvalue weighted by Crippen LogP contribution is -2.37. The van der Waals surface area contributed by atoms with Crippen LogP contribution in [0.1, 0.15) is 40.3 Å². The number of para-hydroxylation sites is 1. The van der Waals surface area contributed by atoms with Gasteiger partial charge in [-0.2, -0.15) is 5.09 Å². The Kier molecular flexibility index (Phi) is 7.02. The average molecular weight is 523 g/mol. The monoisotopic (exact) mass is 523 g/mol. The van der Waals surface area contributed by atoms with E-state index in [4.69, 9.17) is 18.5 Å². The van der Waals surface area contributed by atoms with Crippen LogP contribution in [-0.2, 0) is 23.4 Å². The molecule has 196 valence electrons. The summed E-state index contributed by atoms with van der Waals surface area (Å²) in [5.74, 6) is -0.957. The minimum absolute atomic E-state index is 0.173. The van der Waals surface area contributed by atoms with E-state index in [-0.39, 0.29) is 24.9 Å². The lowest BCUT2D eigenvalue weighted by Gasteiger charge is -2.26. The second-order valence-electron chi connectivity index (χ2n) is 9.42. The molecule has 0 amide bonds. The summed E-state index contributed by atoms with van der Waals surface area (Å²) in [5, 5.41) is 13.8. The predicted octanol–water partition coefficient (Wildman–Crippen LogP) is 1.71. The summed E-state index contributed by atoms with van der Waals surface area (Å²) in [4.78, 5) is 38.2. The number of carbonyl (C=O) groups excluding carboxylic acids is 1. The first-order chi connectivity index (χ1) is 16.9. The number of ether oxygens (including phenoxy) is 2. The van der Waals surface area contributed by atoms with Crippen LogP contribution in [0.15, 0.2) is 52.2 Å². The Hall–Kier alpha value is -2.76.